The minimum Gasteiger partial charge on any atom is -0.380 e. The van der Waals surface area contributed by atoms with Gasteiger partial charge in [0.1, 0.15) is 0 Å². The lowest BCUT2D eigenvalue weighted by Gasteiger charge is -1.95. The van der Waals surface area contributed by atoms with E-state index in [9.17, 15) is 0 Å². The molecule has 0 amide bonds. The van der Waals surface area contributed by atoms with Crippen LogP contribution in [0.2, 0.25) is 0 Å². The highest BCUT2D eigenvalue weighted by molar-refractivity contribution is 7.94. The summed E-state index contributed by atoms with van der Waals surface area (Å²) in [5.41, 5.74) is 0. The second-order valence-corrected chi connectivity index (χ2v) is 2.47. The van der Waals surface area contributed by atoms with Crippen LogP contribution in [-0.2, 0) is 4.74 Å². The third kappa shape index (κ3) is 1.33. The molecule has 0 aromatic carbocycles. The molecule has 1 unspecified atom stereocenters. The smallest absolute Gasteiger partial charge is 0.0608 e. The molecule has 0 saturated carbocycles. The molecule has 1 aliphatic heterocycles. The van der Waals surface area contributed by atoms with Gasteiger partial charge in [-0.05, 0) is 18.5 Å². The molecule has 0 spiro atoms. The highest BCUT2D eigenvalue weighted by atomic mass is 32.2. The molecule has 3 heteroatoms. The third-order valence-electron chi connectivity index (χ3n) is 1.04. The molecule has 1 fully saturated rings. The van der Waals surface area contributed by atoms with E-state index in [-0.39, 0.29) is 0 Å². The van der Waals surface area contributed by atoms with Crippen molar-refractivity contribution in [3.05, 3.63) is 0 Å². The summed E-state index contributed by atoms with van der Waals surface area (Å²) in [5, 5.41) is 0.347. The van der Waals surface area contributed by atoms with Crippen LogP contribution in [0.25, 0.3) is 0 Å². The van der Waals surface area contributed by atoms with Crippen LogP contribution in [0, 0.1) is 0 Å². The summed E-state index contributed by atoms with van der Waals surface area (Å²) in [5.74, 6) is 0. The molecule has 1 N–H and O–H groups in total. The van der Waals surface area contributed by atoms with E-state index in [0.717, 1.165) is 31.7 Å². The van der Waals surface area contributed by atoms with Gasteiger partial charge in [-0.25, -0.2) is 0 Å². The molecule has 0 aromatic heterocycles. The second-order valence-electron chi connectivity index (χ2n) is 1.59. The molecule has 1 saturated heterocycles. The SMILES string of the molecule is OSC1CCOC1. The van der Waals surface area contributed by atoms with Crippen LogP contribution in [0.3, 0.4) is 0 Å². The summed E-state index contributed by atoms with van der Waals surface area (Å²) in [4.78, 5) is 0. The molecule has 7 heavy (non-hydrogen) atoms. The average Bonchev–Trinajstić information content (AvgIpc) is 2.14. The molecule has 0 aromatic rings. The van der Waals surface area contributed by atoms with E-state index < -0.39 is 0 Å². The first-order valence-corrected chi connectivity index (χ1v) is 3.15. The number of ether oxygens (including phenoxy) is 1. The van der Waals surface area contributed by atoms with E-state index in [0.29, 0.717) is 5.25 Å². The molecule has 1 atom stereocenters. The van der Waals surface area contributed by atoms with Crippen molar-refractivity contribution in [1.82, 2.24) is 0 Å². The number of hydrogen-bond acceptors (Lipinski definition) is 3. The lowest BCUT2D eigenvalue weighted by atomic mass is 10.4. The molecule has 2 nitrogen and oxygen atoms in total. The molecule has 0 aliphatic carbocycles. The second kappa shape index (κ2) is 2.55. The summed E-state index contributed by atoms with van der Waals surface area (Å²) in [6, 6.07) is 0. The maximum atomic E-state index is 8.40. The topological polar surface area (TPSA) is 29.5 Å². The first-order valence-electron chi connectivity index (χ1n) is 2.31. The molecule has 0 radical (unpaired) electrons. The predicted octanol–water partition coefficient (Wildman–Crippen LogP) is 0.982. The van der Waals surface area contributed by atoms with E-state index >= 15 is 0 Å². The van der Waals surface area contributed by atoms with Gasteiger partial charge in [-0.15, -0.1) is 0 Å². The van der Waals surface area contributed by atoms with Crippen molar-refractivity contribution in [3.8, 4) is 0 Å². The Hall–Kier alpha value is 0.270. The van der Waals surface area contributed by atoms with Crippen molar-refractivity contribution >= 4 is 12.0 Å². The standard InChI is InChI=1S/C4H8O2S/c5-7-4-1-2-6-3-4/h4-5H,1-3H2. The predicted molar refractivity (Wildman–Crippen MR) is 29.4 cm³/mol. The quantitative estimate of drug-likeness (QED) is 0.523. The fourth-order valence-electron chi connectivity index (χ4n) is 0.596. The van der Waals surface area contributed by atoms with Crippen LogP contribution < -0.4 is 0 Å². The maximum Gasteiger partial charge on any atom is 0.0608 e. The van der Waals surface area contributed by atoms with Gasteiger partial charge in [-0.1, -0.05) is 0 Å². The Balaban J connectivity index is 2.14. The molecule has 1 heterocycles. The monoisotopic (exact) mass is 120 g/mol. The Bertz CT molecular complexity index is 51.7. The first kappa shape index (κ1) is 5.41. The van der Waals surface area contributed by atoms with Crippen molar-refractivity contribution in [2.45, 2.75) is 11.7 Å². The molecule has 1 aliphatic rings. The van der Waals surface area contributed by atoms with Crippen molar-refractivity contribution in [2.75, 3.05) is 13.2 Å². The maximum absolute atomic E-state index is 8.40. The van der Waals surface area contributed by atoms with Gasteiger partial charge in [0.15, 0.2) is 0 Å². The fraction of sp³-hybridized carbons (Fsp3) is 1.00. The minimum absolute atomic E-state index is 0.347. The summed E-state index contributed by atoms with van der Waals surface area (Å²) in [6.45, 7) is 1.54. The lowest BCUT2D eigenvalue weighted by Crippen LogP contribution is -1.97. The summed E-state index contributed by atoms with van der Waals surface area (Å²) >= 11 is 0.907. The Kier molecular flexibility index (Phi) is 1.97. The largest absolute Gasteiger partial charge is 0.380 e. The molecule has 0 bridgehead atoms. The van der Waals surface area contributed by atoms with E-state index in [1.54, 1.807) is 0 Å². The first-order chi connectivity index (χ1) is 3.43. The van der Waals surface area contributed by atoms with Gasteiger partial charge in [-0.3, -0.25) is 0 Å². The van der Waals surface area contributed by atoms with Crippen LogP contribution in [0.5, 0.6) is 0 Å². The molecular formula is C4H8O2S. The van der Waals surface area contributed by atoms with Gasteiger partial charge >= 0.3 is 0 Å². The van der Waals surface area contributed by atoms with Gasteiger partial charge in [-0.2, -0.15) is 0 Å². The summed E-state index contributed by atoms with van der Waals surface area (Å²) in [6.07, 6.45) is 1.00. The van der Waals surface area contributed by atoms with Crippen molar-refractivity contribution in [1.29, 1.82) is 0 Å². The Morgan fingerprint density at radius 2 is 2.57 bits per heavy atom. The van der Waals surface area contributed by atoms with Crippen molar-refractivity contribution < 1.29 is 9.29 Å². The fourth-order valence-corrected chi connectivity index (χ4v) is 0.955. The van der Waals surface area contributed by atoms with Crippen LogP contribution >= 0.6 is 12.0 Å². The van der Waals surface area contributed by atoms with Gasteiger partial charge in [0.05, 0.1) is 11.9 Å². The zero-order valence-electron chi connectivity index (χ0n) is 3.96. The van der Waals surface area contributed by atoms with E-state index in [2.05, 4.69) is 0 Å². The average molecular weight is 120 g/mol. The summed E-state index contributed by atoms with van der Waals surface area (Å²) in [7, 11) is 0. The van der Waals surface area contributed by atoms with Gasteiger partial charge in [0, 0.05) is 6.61 Å². The minimum atomic E-state index is 0.347. The highest BCUT2D eigenvalue weighted by Crippen LogP contribution is 2.15. The zero-order valence-corrected chi connectivity index (χ0v) is 4.78. The van der Waals surface area contributed by atoms with Crippen molar-refractivity contribution in [2.24, 2.45) is 0 Å². The zero-order chi connectivity index (χ0) is 5.11. The van der Waals surface area contributed by atoms with E-state index in [4.69, 9.17) is 9.29 Å². The van der Waals surface area contributed by atoms with E-state index in [1.165, 1.54) is 0 Å². The van der Waals surface area contributed by atoms with Crippen LogP contribution in [-0.4, -0.2) is 23.0 Å². The Labute approximate surface area is 47.1 Å². The Morgan fingerprint density at radius 3 is 2.86 bits per heavy atom. The van der Waals surface area contributed by atoms with Crippen LogP contribution in [0.4, 0.5) is 0 Å². The van der Waals surface area contributed by atoms with Gasteiger partial charge < -0.3 is 9.29 Å². The van der Waals surface area contributed by atoms with Gasteiger partial charge in [0.2, 0.25) is 0 Å². The Morgan fingerprint density at radius 1 is 1.71 bits per heavy atom. The highest BCUT2D eigenvalue weighted by Gasteiger charge is 2.14. The molecule has 42 valence electrons. The van der Waals surface area contributed by atoms with Gasteiger partial charge in [0.25, 0.3) is 0 Å². The number of rotatable bonds is 1. The lowest BCUT2D eigenvalue weighted by molar-refractivity contribution is 0.199. The number of hydrogen-bond donors (Lipinski definition) is 1. The molecular weight excluding hydrogens is 112 g/mol. The van der Waals surface area contributed by atoms with Crippen molar-refractivity contribution in [3.63, 3.8) is 0 Å². The third-order valence-corrected chi connectivity index (χ3v) is 1.71. The summed E-state index contributed by atoms with van der Waals surface area (Å²) < 4.78 is 13.4. The van der Waals surface area contributed by atoms with Crippen LogP contribution in [0.15, 0.2) is 0 Å². The normalized spacial score (nSPS) is 31.3. The van der Waals surface area contributed by atoms with Crippen LogP contribution in [0.1, 0.15) is 6.42 Å². The molecule has 1 rings (SSSR count). The van der Waals surface area contributed by atoms with E-state index in [1.807, 2.05) is 0 Å².